The summed E-state index contributed by atoms with van der Waals surface area (Å²) in [6.07, 6.45) is -1.33. The van der Waals surface area contributed by atoms with Gasteiger partial charge in [0.2, 0.25) is 0 Å². The first-order valence-corrected chi connectivity index (χ1v) is 6.00. The van der Waals surface area contributed by atoms with Gasteiger partial charge in [0, 0.05) is 25.2 Å². The number of rotatable bonds is 3. The fourth-order valence-corrected chi connectivity index (χ4v) is 2.52. The van der Waals surface area contributed by atoms with Crippen molar-refractivity contribution in [3.8, 4) is 0 Å². The highest BCUT2D eigenvalue weighted by molar-refractivity contribution is 5.21. The molecule has 4 unspecified atom stereocenters. The maximum Gasteiger partial charge on any atom is 0.0938 e. The molecule has 0 amide bonds. The number of hydrogen-bond acceptors (Lipinski definition) is 4. The Balaban J connectivity index is 2.19. The Morgan fingerprint density at radius 3 is 2.18 bits per heavy atom. The van der Waals surface area contributed by atoms with Crippen LogP contribution in [0.1, 0.15) is 18.5 Å². The highest BCUT2D eigenvalue weighted by Crippen LogP contribution is 2.27. The molecule has 4 nitrogen and oxygen atoms in total. The van der Waals surface area contributed by atoms with Crippen molar-refractivity contribution in [1.82, 2.24) is 4.90 Å². The molecule has 1 aliphatic rings. The van der Waals surface area contributed by atoms with E-state index in [1.54, 1.807) is 0 Å². The summed E-state index contributed by atoms with van der Waals surface area (Å²) in [7, 11) is 0. The predicted octanol–water partition coefficient (Wildman–Crippen LogP) is 0.112. The summed E-state index contributed by atoms with van der Waals surface area (Å²) >= 11 is 0. The summed E-state index contributed by atoms with van der Waals surface area (Å²) in [5.41, 5.74) is 7.16. The van der Waals surface area contributed by atoms with Gasteiger partial charge in [-0.15, -0.1) is 0 Å². The molecule has 1 heterocycles. The molecule has 94 valence electrons. The van der Waals surface area contributed by atoms with Crippen molar-refractivity contribution in [2.75, 3.05) is 13.1 Å². The summed E-state index contributed by atoms with van der Waals surface area (Å²) in [6.45, 7) is 2.90. The minimum absolute atomic E-state index is 0.0444. The zero-order valence-electron chi connectivity index (χ0n) is 10.0. The first-order chi connectivity index (χ1) is 8.09. The van der Waals surface area contributed by atoms with Gasteiger partial charge in [0.05, 0.1) is 12.2 Å². The van der Waals surface area contributed by atoms with Crippen LogP contribution in [-0.2, 0) is 0 Å². The molecule has 0 bridgehead atoms. The number of benzene rings is 1. The van der Waals surface area contributed by atoms with Crippen LogP contribution in [0, 0.1) is 0 Å². The van der Waals surface area contributed by atoms with Crippen molar-refractivity contribution in [3.63, 3.8) is 0 Å². The highest BCUT2D eigenvalue weighted by Gasteiger charge is 2.35. The highest BCUT2D eigenvalue weighted by atomic mass is 16.3. The van der Waals surface area contributed by atoms with E-state index in [1.807, 2.05) is 37.3 Å². The van der Waals surface area contributed by atoms with Crippen LogP contribution in [0.5, 0.6) is 0 Å². The third kappa shape index (κ3) is 2.66. The molecule has 0 spiro atoms. The molecule has 0 aliphatic carbocycles. The molecule has 17 heavy (non-hydrogen) atoms. The maximum atomic E-state index is 9.61. The summed E-state index contributed by atoms with van der Waals surface area (Å²) in [5, 5.41) is 19.2. The number of aliphatic hydroxyl groups excluding tert-OH is 2. The quantitative estimate of drug-likeness (QED) is 0.697. The van der Waals surface area contributed by atoms with Gasteiger partial charge in [-0.3, -0.25) is 4.90 Å². The van der Waals surface area contributed by atoms with E-state index in [0.29, 0.717) is 13.1 Å². The smallest absolute Gasteiger partial charge is 0.0938 e. The van der Waals surface area contributed by atoms with E-state index >= 15 is 0 Å². The molecule has 2 rings (SSSR count). The van der Waals surface area contributed by atoms with E-state index in [0.717, 1.165) is 5.56 Å². The minimum atomic E-state index is -0.667. The lowest BCUT2D eigenvalue weighted by atomic mass is 10.00. The van der Waals surface area contributed by atoms with Crippen molar-refractivity contribution < 1.29 is 10.2 Å². The number of nitrogens with two attached hydrogens (primary N) is 1. The number of likely N-dealkylation sites (tertiary alicyclic amines) is 1. The largest absolute Gasteiger partial charge is 0.389 e. The van der Waals surface area contributed by atoms with Crippen LogP contribution < -0.4 is 5.73 Å². The van der Waals surface area contributed by atoms with E-state index in [1.165, 1.54) is 0 Å². The third-order valence-corrected chi connectivity index (χ3v) is 3.32. The second-order valence-corrected chi connectivity index (χ2v) is 4.80. The van der Waals surface area contributed by atoms with Gasteiger partial charge in [0.15, 0.2) is 0 Å². The number of hydrogen-bond donors (Lipinski definition) is 3. The Labute approximate surface area is 102 Å². The first-order valence-electron chi connectivity index (χ1n) is 6.00. The van der Waals surface area contributed by atoms with Crippen LogP contribution >= 0.6 is 0 Å². The van der Waals surface area contributed by atoms with E-state index in [4.69, 9.17) is 5.73 Å². The predicted molar refractivity (Wildman–Crippen MR) is 66.4 cm³/mol. The van der Waals surface area contributed by atoms with Gasteiger partial charge in [-0.25, -0.2) is 0 Å². The van der Waals surface area contributed by atoms with E-state index in [9.17, 15) is 10.2 Å². The Hall–Kier alpha value is -0.940. The van der Waals surface area contributed by atoms with Crippen molar-refractivity contribution in [1.29, 1.82) is 0 Å². The van der Waals surface area contributed by atoms with Crippen LogP contribution in [0.25, 0.3) is 0 Å². The molecule has 1 fully saturated rings. The van der Waals surface area contributed by atoms with Crippen LogP contribution in [0.2, 0.25) is 0 Å². The molecule has 1 aromatic rings. The number of β-amino-alcohol motifs (C(OH)–C–C–N with tert-alkyl or cyclic N) is 2. The SMILES string of the molecule is CC(N)C(c1ccccc1)N1CC(O)C(O)C1. The lowest BCUT2D eigenvalue weighted by molar-refractivity contribution is 0.0572. The standard InChI is InChI=1S/C13H20N2O2/c1-9(14)13(10-5-3-2-4-6-10)15-7-11(16)12(17)8-15/h2-6,9,11-13,16-17H,7-8,14H2,1H3. The average molecular weight is 236 g/mol. The van der Waals surface area contributed by atoms with Gasteiger partial charge in [-0.2, -0.15) is 0 Å². The van der Waals surface area contributed by atoms with Crippen molar-refractivity contribution in [3.05, 3.63) is 35.9 Å². The van der Waals surface area contributed by atoms with Crippen molar-refractivity contribution in [2.45, 2.75) is 31.2 Å². The molecule has 0 saturated carbocycles. The third-order valence-electron chi connectivity index (χ3n) is 3.32. The number of aliphatic hydroxyl groups is 2. The summed E-state index contributed by atoms with van der Waals surface area (Å²) in [5.74, 6) is 0. The first kappa shape index (κ1) is 12.5. The Bertz CT molecular complexity index is 346. The van der Waals surface area contributed by atoms with Gasteiger partial charge in [-0.1, -0.05) is 30.3 Å². The molecule has 0 radical (unpaired) electrons. The minimum Gasteiger partial charge on any atom is -0.389 e. The lowest BCUT2D eigenvalue weighted by Crippen LogP contribution is -2.39. The second-order valence-electron chi connectivity index (χ2n) is 4.80. The zero-order chi connectivity index (χ0) is 12.4. The molecule has 4 N–H and O–H groups in total. The molecule has 1 aliphatic heterocycles. The molecule has 4 heteroatoms. The number of nitrogens with zero attached hydrogens (tertiary/aromatic N) is 1. The normalized spacial score (nSPS) is 29.2. The summed E-state index contributed by atoms with van der Waals surface area (Å²) < 4.78 is 0. The fraction of sp³-hybridized carbons (Fsp3) is 0.538. The van der Waals surface area contributed by atoms with Gasteiger partial charge >= 0.3 is 0 Å². The topological polar surface area (TPSA) is 69.7 Å². The molecule has 0 aromatic heterocycles. The van der Waals surface area contributed by atoms with Crippen LogP contribution in [0.3, 0.4) is 0 Å². The fourth-order valence-electron chi connectivity index (χ4n) is 2.52. The molecule has 1 aromatic carbocycles. The molecular weight excluding hydrogens is 216 g/mol. The average Bonchev–Trinajstić information content (AvgIpc) is 2.60. The molecular formula is C13H20N2O2. The summed E-state index contributed by atoms with van der Waals surface area (Å²) in [6, 6.07) is 9.99. The van der Waals surface area contributed by atoms with Gasteiger partial charge in [-0.05, 0) is 12.5 Å². The van der Waals surface area contributed by atoms with Crippen LogP contribution in [-0.4, -0.2) is 46.5 Å². The van der Waals surface area contributed by atoms with Crippen LogP contribution in [0.15, 0.2) is 30.3 Å². The Morgan fingerprint density at radius 1 is 1.18 bits per heavy atom. The van der Waals surface area contributed by atoms with E-state index in [-0.39, 0.29) is 12.1 Å². The van der Waals surface area contributed by atoms with Crippen molar-refractivity contribution in [2.24, 2.45) is 5.73 Å². The maximum absolute atomic E-state index is 9.61. The zero-order valence-corrected chi connectivity index (χ0v) is 10.0. The Morgan fingerprint density at radius 2 is 1.71 bits per heavy atom. The summed E-state index contributed by atoms with van der Waals surface area (Å²) in [4.78, 5) is 2.05. The van der Waals surface area contributed by atoms with Gasteiger partial charge < -0.3 is 15.9 Å². The van der Waals surface area contributed by atoms with E-state index in [2.05, 4.69) is 4.90 Å². The van der Waals surface area contributed by atoms with Gasteiger partial charge in [0.25, 0.3) is 0 Å². The molecule has 1 saturated heterocycles. The van der Waals surface area contributed by atoms with E-state index < -0.39 is 12.2 Å². The molecule has 4 atom stereocenters. The lowest BCUT2D eigenvalue weighted by Gasteiger charge is -2.31. The van der Waals surface area contributed by atoms with Gasteiger partial charge in [0.1, 0.15) is 0 Å². The monoisotopic (exact) mass is 236 g/mol. The Kier molecular flexibility index (Phi) is 3.79. The van der Waals surface area contributed by atoms with Crippen molar-refractivity contribution >= 4 is 0 Å². The van der Waals surface area contributed by atoms with Crippen LogP contribution in [0.4, 0.5) is 0 Å². The second kappa shape index (κ2) is 5.14.